The Balaban J connectivity index is 1.43. The number of aromatic amines is 1. The molecule has 1 aliphatic rings. The largest absolute Gasteiger partial charge is 0.408 e. The van der Waals surface area contributed by atoms with E-state index in [4.69, 9.17) is 0 Å². The molecule has 4 aromatic heterocycles. The third-order valence-corrected chi connectivity index (χ3v) is 6.41. The number of aromatic nitrogens is 5. The molecule has 4 heterocycles. The Hall–Kier alpha value is -3.56. The molecule has 0 bridgehead atoms. The van der Waals surface area contributed by atoms with Gasteiger partial charge < -0.3 is 15.6 Å². The second-order valence-corrected chi connectivity index (χ2v) is 8.83. The van der Waals surface area contributed by atoms with Crippen molar-refractivity contribution in [3.8, 4) is 11.1 Å². The van der Waals surface area contributed by atoms with Crippen LogP contribution in [0.2, 0.25) is 0 Å². The molecule has 4 aromatic rings. The number of nitrogens with zero attached hydrogens (tertiary/aromatic N) is 4. The lowest BCUT2D eigenvalue weighted by molar-refractivity contribution is -0.148. The minimum atomic E-state index is -4.37. The molecule has 1 saturated carbocycles. The highest BCUT2D eigenvalue weighted by molar-refractivity contribution is 5.94. The van der Waals surface area contributed by atoms with E-state index in [1.165, 1.54) is 25.5 Å². The van der Waals surface area contributed by atoms with Crippen LogP contribution in [0.1, 0.15) is 44.6 Å². The molecule has 1 fully saturated rings. The maximum atomic E-state index is 13.0. The average Bonchev–Trinajstić information content (AvgIpc) is 3.42. The third-order valence-electron chi connectivity index (χ3n) is 6.41. The van der Waals surface area contributed by atoms with Gasteiger partial charge in [-0.25, -0.2) is 9.50 Å². The van der Waals surface area contributed by atoms with E-state index in [0.29, 0.717) is 23.1 Å². The first-order valence-corrected chi connectivity index (χ1v) is 11.4. The number of halogens is 3. The quantitative estimate of drug-likeness (QED) is 0.346. The maximum Gasteiger partial charge on any atom is 0.408 e. The SMILES string of the molecule is C=C(NC(C)C(F)(F)F)c1cnn2ccc(-c3c[nH]c4nc(NC5CCCCC5)ncc34)cc12. The molecule has 0 radical (unpaired) electrons. The summed E-state index contributed by atoms with van der Waals surface area (Å²) in [6.45, 7) is 4.86. The van der Waals surface area contributed by atoms with Crippen molar-refractivity contribution in [1.29, 1.82) is 0 Å². The van der Waals surface area contributed by atoms with Crippen LogP contribution in [-0.4, -0.2) is 42.8 Å². The number of hydrogen-bond acceptors (Lipinski definition) is 5. The van der Waals surface area contributed by atoms with Crippen LogP contribution in [0.4, 0.5) is 19.1 Å². The summed E-state index contributed by atoms with van der Waals surface area (Å²) >= 11 is 0. The Morgan fingerprint density at radius 3 is 2.79 bits per heavy atom. The number of nitrogens with one attached hydrogen (secondary N) is 3. The number of hydrogen-bond donors (Lipinski definition) is 3. The van der Waals surface area contributed by atoms with E-state index >= 15 is 0 Å². The molecule has 1 atom stereocenters. The molecular formula is C24H26F3N7. The first kappa shape index (κ1) is 22.2. The van der Waals surface area contributed by atoms with Crippen LogP contribution in [-0.2, 0) is 0 Å². The van der Waals surface area contributed by atoms with Crippen LogP contribution in [0.15, 0.2) is 43.5 Å². The van der Waals surface area contributed by atoms with Gasteiger partial charge in [-0.15, -0.1) is 0 Å². The van der Waals surface area contributed by atoms with Gasteiger partial charge in [-0.05, 0) is 37.5 Å². The van der Waals surface area contributed by atoms with Gasteiger partial charge in [-0.2, -0.15) is 23.3 Å². The molecule has 10 heteroatoms. The zero-order valence-corrected chi connectivity index (χ0v) is 18.8. The van der Waals surface area contributed by atoms with E-state index in [0.717, 1.165) is 41.9 Å². The highest BCUT2D eigenvalue weighted by Crippen LogP contribution is 2.31. The van der Waals surface area contributed by atoms with E-state index in [1.54, 1.807) is 16.9 Å². The van der Waals surface area contributed by atoms with E-state index < -0.39 is 12.2 Å². The van der Waals surface area contributed by atoms with Gasteiger partial charge in [-0.1, -0.05) is 25.8 Å². The minimum absolute atomic E-state index is 0.165. The van der Waals surface area contributed by atoms with Gasteiger partial charge in [0.15, 0.2) is 0 Å². The van der Waals surface area contributed by atoms with Crippen LogP contribution < -0.4 is 10.6 Å². The summed E-state index contributed by atoms with van der Waals surface area (Å²) in [5.41, 5.74) is 3.81. The molecule has 1 aliphatic carbocycles. The second kappa shape index (κ2) is 8.66. The number of rotatable bonds is 6. The molecule has 0 saturated heterocycles. The van der Waals surface area contributed by atoms with Gasteiger partial charge in [0.05, 0.1) is 11.7 Å². The highest BCUT2D eigenvalue weighted by atomic mass is 19.4. The number of fused-ring (bicyclic) bond motifs is 2. The Morgan fingerprint density at radius 1 is 1.24 bits per heavy atom. The summed E-state index contributed by atoms with van der Waals surface area (Å²) in [7, 11) is 0. The molecule has 34 heavy (non-hydrogen) atoms. The monoisotopic (exact) mass is 469 g/mol. The van der Waals surface area contributed by atoms with Crippen molar-refractivity contribution >= 4 is 28.2 Å². The average molecular weight is 470 g/mol. The number of anilines is 1. The fraction of sp³-hybridized carbons (Fsp3) is 0.375. The third kappa shape index (κ3) is 4.32. The van der Waals surface area contributed by atoms with Crippen molar-refractivity contribution in [3.05, 3.63) is 49.1 Å². The first-order valence-electron chi connectivity index (χ1n) is 11.4. The van der Waals surface area contributed by atoms with Gasteiger partial charge in [0.1, 0.15) is 11.7 Å². The molecule has 178 valence electrons. The number of pyridine rings is 1. The normalized spacial score (nSPS) is 16.1. The van der Waals surface area contributed by atoms with Crippen molar-refractivity contribution in [2.24, 2.45) is 0 Å². The molecular weight excluding hydrogens is 443 g/mol. The summed E-state index contributed by atoms with van der Waals surface area (Å²) in [5.74, 6) is 0.613. The van der Waals surface area contributed by atoms with Crippen molar-refractivity contribution in [1.82, 2.24) is 29.9 Å². The van der Waals surface area contributed by atoms with Crippen LogP contribution in [0, 0.1) is 0 Å². The minimum Gasteiger partial charge on any atom is -0.374 e. The Labute approximate surface area is 194 Å². The van der Waals surface area contributed by atoms with Crippen LogP contribution in [0.5, 0.6) is 0 Å². The van der Waals surface area contributed by atoms with Crippen molar-refractivity contribution in [3.63, 3.8) is 0 Å². The van der Waals surface area contributed by atoms with Crippen LogP contribution >= 0.6 is 0 Å². The molecule has 0 amide bonds. The lowest BCUT2D eigenvalue weighted by Gasteiger charge is -2.22. The summed E-state index contributed by atoms with van der Waals surface area (Å²) in [5, 5.41) is 11.0. The van der Waals surface area contributed by atoms with Crippen molar-refractivity contribution < 1.29 is 13.2 Å². The zero-order chi connectivity index (χ0) is 23.9. The standard InChI is InChI=1S/C24H26F3N7/c1-14(31-15(2)24(25,26)27)18-13-30-34-9-8-16(10-21(18)34)19-11-28-22-20(19)12-29-23(33-22)32-17-6-4-3-5-7-17/h8-13,15,17,31H,1,3-7H2,2H3,(H2,28,29,32,33). The van der Waals surface area contributed by atoms with Crippen molar-refractivity contribution in [2.75, 3.05) is 5.32 Å². The van der Waals surface area contributed by atoms with Crippen LogP contribution in [0.3, 0.4) is 0 Å². The fourth-order valence-corrected chi connectivity index (χ4v) is 4.45. The molecule has 0 spiro atoms. The Morgan fingerprint density at radius 2 is 2.03 bits per heavy atom. The smallest absolute Gasteiger partial charge is 0.374 e. The van der Waals surface area contributed by atoms with E-state index in [2.05, 4.69) is 37.3 Å². The summed E-state index contributed by atoms with van der Waals surface area (Å²) in [6, 6.07) is 2.46. The highest BCUT2D eigenvalue weighted by Gasteiger charge is 2.36. The predicted octanol–water partition coefficient (Wildman–Crippen LogP) is 5.53. The van der Waals surface area contributed by atoms with Gasteiger partial charge in [0.2, 0.25) is 5.95 Å². The second-order valence-electron chi connectivity index (χ2n) is 8.83. The Bertz CT molecular complexity index is 1330. The Kier molecular flexibility index (Phi) is 5.66. The molecule has 3 N–H and O–H groups in total. The lowest BCUT2D eigenvalue weighted by Crippen LogP contribution is -2.38. The van der Waals surface area contributed by atoms with E-state index in [1.807, 2.05) is 18.3 Å². The zero-order valence-electron chi connectivity index (χ0n) is 18.8. The molecule has 0 aliphatic heterocycles. The summed E-state index contributed by atoms with van der Waals surface area (Å²) in [4.78, 5) is 12.4. The topological polar surface area (TPSA) is 82.9 Å². The number of alkyl halides is 3. The summed E-state index contributed by atoms with van der Waals surface area (Å²) in [6.07, 6.45) is 8.58. The van der Waals surface area contributed by atoms with Gasteiger partial charge >= 0.3 is 6.18 Å². The van der Waals surface area contributed by atoms with E-state index in [-0.39, 0.29) is 5.70 Å². The van der Waals surface area contributed by atoms with Gasteiger partial charge in [0.25, 0.3) is 0 Å². The van der Waals surface area contributed by atoms with Crippen LogP contribution in [0.25, 0.3) is 33.4 Å². The lowest BCUT2D eigenvalue weighted by atomic mass is 9.96. The maximum absolute atomic E-state index is 13.0. The van der Waals surface area contributed by atoms with E-state index in [9.17, 15) is 13.2 Å². The van der Waals surface area contributed by atoms with Crippen molar-refractivity contribution in [2.45, 2.75) is 57.3 Å². The number of H-pyrrole nitrogens is 1. The molecule has 1 unspecified atom stereocenters. The molecule has 5 rings (SSSR count). The first-order chi connectivity index (χ1) is 16.3. The molecule has 0 aromatic carbocycles. The van der Waals surface area contributed by atoms with Gasteiger partial charge in [0, 0.05) is 46.8 Å². The fourth-order valence-electron chi connectivity index (χ4n) is 4.45. The van der Waals surface area contributed by atoms with Gasteiger partial charge in [-0.3, -0.25) is 0 Å². The predicted molar refractivity (Wildman–Crippen MR) is 126 cm³/mol. The molecule has 7 nitrogen and oxygen atoms in total. The summed E-state index contributed by atoms with van der Waals surface area (Å²) < 4.78 is 40.5.